The van der Waals surface area contributed by atoms with Crippen molar-refractivity contribution in [2.24, 2.45) is 5.84 Å². The van der Waals surface area contributed by atoms with Crippen molar-refractivity contribution in [2.75, 3.05) is 14.2 Å². The number of benzene rings is 1. The zero-order chi connectivity index (χ0) is 13.8. The fourth-order valence-corrected chi connectivity index (χ4v) is 2.56. The van der Waals surface area contributed by atoms with Crippen LogP contribution in [0, 0.1) is 6.92 Å². The number of nitrogens with two attached hydrogens (primary N) is 1. The molecule has 0 amide bonds. The van der Waals surface area contributed by atoms with Gasteiger partial charge in [0.05, 0.1) is 30.8 Å². The number of aromatic nitrogens is 2. The lowest BCUT2D eigenvalue weighted by Crippen LogP contribution is -2.28. The molecule has 2 aromatic rings. The van der Waals surface area contributed by atoms with Gasteiger partial charge >= 0.3 is 0 Å². The van der Waals surface area contributed by atoms with E-state index in [0.717, 1.165) is 16.1 Å². The van der Waals surface area contributed by atoms with Crippen molar-refractivity contribution in [1.82, 2.24) is 15.0 Å². The molecule has 1 heterocycles. The molecule has 1 aromatic carbocycles. The molecule has 0 aliphatic carbocycles. The number of rotatable bonds is 5. The van der Waals surface area contributed by atoms with E-state index in [0.29, 0.717) is 11.5 Å². The molecule has 102 valence electrons. The van der Waals surface area contributed by atoms with E-state index in [4.69, 9.17) is 15.3 Å². The van der Waals surface area contributed by atoms with Crippen LogP contribution in [0.3, 0.4) is 0 Å². The number of nitrogens with zero attached hydrogens (tertiary/aromatic N) is 2. The van der Waals surface area contributed by atoms with Crippen molar-refractivity contribution in [3.8, 4) is 11.5 Å². The number of nitrogens with one attached hydrogen (secondary N) is 1. The molecule has 7 heteroatoms. The zero-order valence-corrected chi connectivity index (χ0v) is 11.8. The molecule has 2 rings (SSSR count). The Morgan fingerprint density at radius 3 is 2.26 bits per heavy atom. The van der Waals surface area contributed by atoms with Gasteiger partial charge in [0.25, 0.3) is 0 Å². The fraction of sp³-hybridized carbons (Fsp3) is 0.333. The normalized spacial score (nSPS) is 12.2. The molecule has 0 radical (unpaired) electrons. The monoisotopic (exact) mass is 280 g/mol. The van der Waals surface area contributed by atoms with Crippen LogP contribution in [0.15, 0.2) is 18.2 Å². The summed E-state index contributed by atoms with van der Waals surface area (Å²) in [6, 6.07) is 5.44. The Hall–Kier alpha value is -1.70. The topological polar surface area (TPSA) is 82.3 Å². The van der Waals surface area contributed by atoms with Gasteiger partial charge in [-0.25, -0.2) is 5.43 Å². The number of hydrogen-bond donors (Lipinski definition) is 2. The summed E-state index contributed by atoms with van der Waals surface area (Å²) >= 11 is 1.32. The minimum Gasteiger partial charge on any atom is -0.497 e. The van der Waals surface area contributed by atoms with Gasteiger partial charge in [-0.15, -0.1) is 5.10 Å². The van der Waals surface area contributed by atoms with Crippen LogP contribution < -0.4 is 20.7 Å². The molecule has 1 aromatic heterocycles. The third-order valence-corrected chi connectivity index (χ3v) is 3.71. The first-order chi connectivity index (χ1) is 9.19. The maximum atomic E-state index is 5.67. The fourth-order valence-electron chi connectivity index (χ4n) is 1.82. The third-order valence-electron chi connectivity index (χ3n) is 2.82. The first-order valence-corrected chi connectivity index (χ1v) is 6.45. The quantitative estimate of drug-likeness (QED) is 0.636. The second kappa shape index (κ2) is 5.96. The summed E-state index contributed by atoms with van der Waals surface area (Å²) in [7, 11) is 3.23. The van der Waals surface area contributed by atoms with E-state index >= 15 is 0 Å². The molecule has 3 N–H and O–H groups in total. The Labute approximate surface area is 115 Å². The van der Waals surface area contributed by atoms with Gasteiger partial charge in [0.2, 0.25) is 0 Å². The Morgan fingerprint density at radius 2 is 1.84 bits per heavy atom. The number of hydrazine groups is 1. The molecule has 0 aliphatic rings. The molecule has 0 aliphatic heterocycles. The van der Waals surface area contributed by atoms with E-state index in [2.05, 4.69) is 15.0 Å². The molecule has 0 saturated heterocycles. The number of hydrogen-bond acceptors (Lipinski definition) is 7. The largest absolute Gasteiger partial charge is 0.497 e. The highest BCUT2D eigenvalue weighted by Crippen LogP contribution is 2.31. The maximum absolute atomic E-state index is 5.67. The van der Waals surface area contributed by atoms with Crippen molar-refractivity contribution < 1.29 is 9.47 Å². The van der Waals surface area contributed by atoms with E-state index in [1.807, 2.05) is 25.1 Å². The van der Waals surface area contributed by atoms with Gasteiger partial charge in [0.1, 0.15) is 11.5 Å². The van der Waals surface area contributed by atoms with Crippen molar-refractivity contribution in [2.45, 2.75) is 13.0 Å². The number of aryl methyl sites for hydroxylation is 1. The predicted molar refractivity (Wildman–Crippen MR) is 73.4 cm³/mol. The minimum absolute atomic E-state index is 0.191. The van der Waals surface area contributed by atoms with Crippen molar-refractivity contribution in [3.05, 3.63) is 34.3 Å². The smallest absolute Gasteiger partial charge is 0.122 e. The second-order valence-electron chi connectivity index (χ2n) is 3.97. The lowest BCUT2D eigenvalue weighted by atomic mass is 10.0. The van der Waals surface area contributed by atoms with Crippen LogP contribution in [-0.4, -0.2) is 23.8 Å². The zero-order valence-electron chi connectivity index (χ0n) is 11.0. The van der Waals surface area contributed by atoms with Crippen LogP contribution in [0.25, 0.3) is 0 Å². The van der Waals surface area contributed by atoms with E-state index in [1.54, 1.807) is 14.2 Å². The lowest BCUT2D eigenvalue weighted by Gasteiger charge is -2.17. The van der Waals surface area contributed by atoms with Crippen molar-refractivity contribution in [1.29, 1.82) is 0 Å². The van der Waals surface area contributed by atoms with Crippen LogP contribution in [0.5, 0.6) is 11.5 Å². The molecule has 0 bridgehead atoms. The van der Waals surface area contributed by atoms with Crippen LogP contribution in [-0.2, 0) is 0 Å². The van der Waals surface area contributed by atoms with Gasteiger partial charge in [-0.05, 0) is 36.2 Å². The summed E-state index contributed by atoms with van der Waals surface area (Å²) < 4.78 is 14.5. The van der Waals surface area contributed by atoms with E-state index in [9.17, 15) is 0 Å². The van der Waals surface area contributed by atoms with Gasteiger partial charge in [-0.1, -0.05) is 4.49 Å². The predicted octanol–water partition coefficient (Wildman–Crippen LogP) is 1.42. The van der Waals surface area contributed by atoms with Crippen LogP contribution >= 0.6 is 11.5 Å². The summed E-state index contributed by atoms with van der Waals surface area (Å²) in [5, 5.41) is 4.01. The number of ether oxygens (including phenoxy) is 2. The third kappa shape index (κ3) is 2.83. The molecule has 0 fully saturated rings. The molecule has 0 saturated carbocycles. The average molecular weight is 280 g/mol. The van der Waals surface area contributed by atoms with Gasteiger partial charge in [0, 0.05) is 6.07 Å². The Balaban J connectivity index is 2.46. The average Bonchev–Trinajstić information content (AvgIpc) is 2.85. The van der Waals surface area contributed by atoms with Gasteiger partial charge in [0.15, 0.2) is 0 Å². The highest BCUT2D eigenvalue weighted by atomic mass is 32.1. The van der Waals surface area contributed by atoms with E-state index in [1.165, 1.54) is 11.5 Å². The maximum Gasteiger partial charge on any atom is 0.122 e. The summed E-state index contributed by atoms with van der Waals surface area (Å²) in [6.07, 6.45) is 0. The molecular formula is C12H16N4O2S. The van der Waals surface area contributed by atoms with Crippen LogP contribution in [0.1, 0.15) is 22.2 Å². The van der Waals surface area contributed by atoms with Crippen molar-refractivity contribution >= 4 is 11.5 Å². The summed E-state index contributed by atoms with van der Waals surface area (Å²) in [4.78, 5) is 0.970. The Kier molecular flexibility index (Phi) is 4.31. The van der Waals surface area contributed by atoms with Crippen LogP contribution in [0.4, 0.5) is 0 Å². The van der Waals surface area contributed by atoms with E-state index in [-0.39, 0.29) is 6.04 Å². The summed E-state index contributed by atoms with van der Waals surface area (Å²) in [5.74, 6) is 7.09. The molecular weight excluding hydrogens is 264 g/mol. The summed E-state index contributed by atoms with van der Waals surface area (Å²) in [5.41, 5.74) is 4.58. The van der Waals surface area contributed by atoms with E-state index < -0.39 is 0 Å². The standard InChI is InChI=1S/C12H16N4O2S/c1-7-12(19-16-15-7)11(14-13)8-4-9(17-2)6-10(5-8)18-3/h4-6,11,14H,13H2,1-3H3. The molecule has 1 atom stereocenters. The molecule has 19 heavy (non-hydrogen) atoms. The second-order valence-corrected chi connectivity index (χ2v) is 4.75. The van der Waals surface area contributed by atoms with Gasteiger partial charge < -0.3 is 9.47 Å². The first kappa shape index (κ1) is 13.7. The lowest BCUT2D eigenvalue weighted by molar-refractivity contribution is 0.392. The minimum atomic E-state index is -0.191. The Morgan fingerprint density at radius 1 is 1.21 bits per heavy atom. The number of methoxy groups -OCH3 is 2. The highest BCUT2D eigenvalue weighted by molar-refractivity contribution is 7.05. The molecule has 6 nitrogen and oxygen atoms in total. The van der Waals surface area contributed by atoms with Crippen LogP contribution in [0.2, 0.25) is 0 Å². The molecule has 0 spiro atoms. The van der Waals surface area contributed by atoms with Crippen molar-refractivity contribution in [3.63, 3.8) is 0 Å². The molecule has 1 unspecified atom stereocenters. The highest BCUT2D eigenvalue weighted by Gasteiger charge is 2.19. The first-order valence-electron chi connectivity index (χ1n) is 5.67. The SMILES string of the molecule is COc1cc(OC)cc(C(NN)c2snnc2C)c1. The summed E-state index contributed by atoms with van der Waals surface area (Å²) in [6.45, 7) is 1.90. The Bertz CT molecular complexity index is 536. The van der Waals surface area contributed by atoms with Gasteiger partial charge in [-0.3, -0.25) is 5.84 Å². The van der Waals surface area contributed by atoms with Gasteiger partial charge in [-0.2, -0.15) is 0 Å².